The number of rotatable bonds is 4. The molecule has 0 heterocycles. The number of aryl methyl sites for hydroxylation is 1. The quantitative estimate of drug-likeness (QED) is 0.540. The largest absolute Gasteiger partial charge is 0.492 e. The summed E-state index contributed by atoms with van der Waals surface area (Å²) in [6.45, 7) is 3.49. The Labute approximate surface area is 78.9 Å². The van der Waals surface area contributed by atoms with Crippen molar-refractivity contribution in [2.75, 3.05) is 25.9 Å². The van der Waals surface area contributed by atoms with Crippen molar-refractivity contribution in [2.24, 2.45) is 0 Å². The molecule has 1 aromatic rings. The summed E-state index contributed by atoms with van der Waals surface area (Å²) < 4.78 is 5.44. The van der Waals surface area contributed by atoms with E-state index in [4.69, 9.17) is 10.5 Å². The van der Waals surface area contributed by atoms with Gasteiger partial charge in [-0.25, -0.2) is 0 Å². The molecule has 1 aromatic carbocycles. The molecule has 0 aliphatic rings. The highest BCUT2D eigenvalue weighted by Gasteiger charge is 1.96. The highest BCUT2D eigenvalue weighted by molar-refractivity contribution is 5.50. The summed E-state index contributed by atoms with van der Waals surface area (Å²) >= 11 is 0. The molecule has 3 N–H and O–H groups in total. The highest BCUT2D eigenvalue weighted by atomic mass is 16.5. The zero-order valence-electron chi connectivity index (χ0n) is 8.13. The van der Waals surface area contributed by atoms with Gasteiger partial charge >= 0.3 is 0 Å². The maximum absolute atomic E-state index is 5.73. The fourth-order valence-electron chi connectivity index (χ4n) is 0.979. The Kier molecular flexibility index (Phi) is 3.58. The van der Waals surface area contributed by atoms with Crippen LogP contribution in [0.4, 0.5) is 5.69 Å². The lowest BCUT2D eigenvalue weighted by Gasteiger charge is -2.07. The van der Waals surface area contributed by atoms with Gasteiger partial charge in [0.25, 0.3) is 0 Å². The first-order valence-electron chi connectivity index (χ1n) is 4.37. The first kappa shape index (κ1) is 9.86. The Morgan fingerprint density at radius 3 is 2.85 bits per heavy atom. The van der Waals surface area contributed by atoms with Crippen LogP contribution in [0.2, 0.25) is 0 Å². The Bertz CT molecular complexity index is 274. The van der Waals surface area contributed by atoms with E-state index in [-0.39, 0.29) is 0 Å². The number of benzene rings is 1. The van der Waals surface area contributed by atoms with Crippen molar-refractivity contribution >= 4 is 5.69 Å². The second-order valence-electron chi connectivity index (χ2n) is 2.97. The Hall–Kier alpha value is -1.22. The average Bonchev–Trinajstić information content (AvgIpc) is 2.12. The van der Waals surface area contributed by atoms with Crippen molar-refractivity contribution < 1.29 is 4.74 Å². The average molecular weight is 180 g/mol. The molecule has 0 aliphatic carbocycles. The van der Waals surface area contributed by atoms with Gasteiger partial charge in [0.05, 0.1) is 0 Å². The lowest BCUT2D eigenvalue weighted by atomic mass is 10.2. The Morgan fingerprint density at radius 2 is 2.23 bits per heavy atom. The van der Waals surface area contributed by atoms with E-state index in [1.54, 1.807) is 0 Å². The standard InChI is InChI=1S/C10H16N2O/c1-8-3-4-9(7-10(8)11)13-6-5-12-2/h3-4,7,12H,5-6,11H2,1-2H3. The third kappa shape index (κ3) is 2.95. The van der Waals surface area contributed by atoms with Gasteiger partial charge in [-0.3, -0.25) is 0 Å². The van der Waals surface area contributed by atoms with E-state index in [1.165, 1.54) is 0 Å². The monoisotopic (exact) mass is 180 g/mol. The number of anilines is 1. The number of nitrogens with one attached hydrogen (secondary N) is 1. The number of likely N-dealkylation sites (N-methyl/N-ethyl adjacent to an activating group) is 1. The lowest BCUT2D eigenvalue weighted by molar-refractivity contribution is 0.318. The molecule has 1 rings (SSSR count). The van der Waals surface area contributed by atoms with Crippen LogP contribution in [0.25, 0.3) is 0 Å². The molecular weight excluding hydrogens is 164 g/mol. The first-order chi connectivity index (χ1) is 6.24. The summed E-state index contributed by atoms with van der Waals surface area (Å²) in [5.74, 6) is 0.832. The molecule has 0 amide bonds. The zero-order valence-corrected chi connectivity index (χ0v) is 8.13. The normalized spacial score (nSPS) is 10.0. The van der Waals surface area contributed by atoms with Crippen LogP contribution in [0.1, 0.15) is 5.56 Å². The summed E-state index contributed by atoms with van der Waals surface area (Å²) in [6.07, 6.45) is 0. The SMILES string of the molecule is CNCCOc1ccc(C)c(N)c1. The molecule has 0 fully saturated rings. The number of ether oxygens (including phenoxy) is 1. The van der Waals surface area contributed by atoms with Gasteiger partial charge in [0, 0.05) is 18.3 Å². The molecule has 0 atom stereocenters. The van der Waals surface area contributed by atoms with Crippen molar-refractivity contribution in [1.29, 1.82) is 0 Å². The van der Waals surface area contributed by atoms with E-state index in [0.29, 0.717) is 6.61 Å². The van der Waals surface area contributed by atoms with Crippen molar-refractivity contribution in [2.45, 2.75) is 6.92 Å². The number of nitrogen functional groups attached to an aromatic ring is 1. The molecule has 0 aromatic heterocycles. The van der Waals surface area contributed by atoms with Crippen molar-refractivity contribution in [1.82, 2.24) is 5.32 Å². The predicted molar refractivity (Wildman–Crippen MR) is 55.0 cm³/mol. The second kappa shape index (κ2) is 4.72. The number of hydrogen-bond donors (Lipinski definition) is 2. The molecule has 0 radical (unpaired) electrons. The summed E-state index contributed by atoms with van der Waals surface area (Å²) in [4.78, 5) is 0. The van der Waals surface area contributed by atoms with Crippen LogP contribution in [-0.2, 0) is 0 Å². The fraction of sp³-hybridized carbons (Fsp3) is 0.400. The number of nitrogens with two attached hydrogens (primary N) is 1. The van der Waals surface area contributed by atoms with Crippen molar-refractivity contribution in [3.8, 4) is 5.75 Å². The van der Waals surface area contributed by atoms with E-state index < -0.39 is 0 Å². The van der Waals surface area contributed by atoms with Gasteiger partial charge in [-0.05, 0) is 25.6 Å². The fourth-order valence-corrected chi connectivity index (χ4v) is 0.979. The van der Waals surface area contributed by atoms with Crippen LogP contribution in [0.5, 0.6) is 5.75 Å². The third-order valence-corrected chi connectivity index (χ3v) is 1.87. The zero-order chi connectivity index (χ0) is 9.68. The molecule has 0 saturated heterocycles. The van der Waals surface area contributed by atoms with Gasteiger partial charge in [-0.15, -0.1) is 0 Å². The molecule has 0 unspecified atom stereocenters. The minimum Gasteiger partial charge on any atom is -0.492 e. The second-order valence-corrected chi connectivity index (χ2v) is 2.97. The smallest absolute Gasteiger partial charge is 0.121 e. The van der Waals surface area contributed by atoms with Crippen LogP contribution < -0.4 is 15.8 Å². The Balaban J connectivity index is 2.53. The van der Waals surface area contributed by atoms with Gasteiger partial charge in [0.2, 0.25) is 0 Å². The minimum absolute atomic E-state index is 0.666. The molecule has 0 spiro atoms. The molecule has 0 bridgehead atoms. The van der Waals surface area contributed by atoms with Crippen LogP contribution in [-0.4, -0.2) is 20.2 Å². The summed E-state index contributed by atoms with van der Waals surface area (Å²) in [7, 11) is 1.90. The minimum atomic E-state index is 0.666. The van der Waals surface area contributed by atoms with Crippen molar-refractivity contribution in [3.63, 3.8) is 0 Å². The van der Waals surface area contributed by atoms with Crippen LogP contribution in [0, 0.1) is 6.92 Å². The first-order valence-corrected chi connectivity index (χ1v) is 4.37. The highest BCUT2D eigenvalue weighted by Crippen LogP contribution is 2.18. The van der Waals surface area contributed by atoms with Crippen LogP contribution >= 0.6 is 0 Å². The molecule has 0 saturated carbocycles. The Morgan fingerprint density at radius 1 is 1.46 bits per heavy atom. The van der Waals surface area contributed by atoms with Crippen LogP contribution in [0.15, 0.2) is 18.2 Å². The number of hydrogen-bond acceptors (Lipinski definition) is 3. The molecular formula is C10H16N2O. The van der Waals surface area contributed by atoms with Crippen molar-refractivity contribution in [3.05, 3.63) is 23.8 Å². The van der Waals surface area contributed by atoms with Crippen LogP contribution in [0.3, 0.4) is 0 Å². The maximum Gasteiger partial charge on any atom is 0.121 e. The lowest BCUT2D eigenvalue weighted by Crippen LogP contribution is -2.15. The van der Waals surface area contributed by atoms with Gasteiger partial charge < -0.3 is 15.8 Å². The van der Waals surface area contributed by atoms with Gasteiger partial charge in [0.15, 0.2) is 0 Å². The predicted octanol–water partition coefficient (Wildman–Crippen LogP) is 1.18. The van der Waals surface area contributed by atoms with Gasteiger partial charge in [-0.2, -0.15) is 0 Å². The summed E-state index contributed by atoms with van der Waals surface area (Å²) in [6, 6.07) is 5.75. The molecule has 13 heavy (non-hydrogen) atoms. The molecule has 0 aliphatic heterocycles. The molecule has 3 heteroatoms. The molecule has 3 nitrogen and oxygen atoms in total. The van der Waals surface area contributed by atoms with E-state index >= 15 is 0 Å². The third-order valence-electron chi connectivity index (χ3n) is 1.87. The van der Waals surface area contributed by atoms with E-state index in [1.807, 2.05) is 32.2 Å². The van der Waals surface area contributed by atoms with E-state index in [2.05, 4.69) is 5.32 Å². The summed E-state index contributed by atoms with van der Waals surface area (Å²) in [5.41, 5.74) is 7.59. The van der Waals surface area contributed by atoms with Gasteiger partial charge in [0.1, 0.15) is 12.4 Å². The topological polar surface area (TPSA) is 47.3 Å². The molecule has 72 valence electrons. The maximum atomic E-state index is 5.73. The van der Waals surface area contributed by atoms with Gasteiger partial charge in [-0.1, -0.05) is 6.07 Å². The summed E-state index contributed by atoms with van der Waals surface area (Å²) in [5, 5.41) is 3.01. The van der Waals surface area contributed by atoms with E-state index in [9.17, 15) is 0 Å². The van der Waals surface area contributed by atoms with E-state index in [0.717, 1.165) is 23.5 Å².